The van der Waals surface area contributed by atoms with Gasteiger partial charge in [-0.15, -0.1) is 11.8 Å². The molecule has 0 aromatic heterocycles. The number of thioether (sulfide) groups is 1. The van der Waals surface area contributed by atoms with Crippen molar-refractivity contribution in [1.29, 1.82) is 0 Å². The quantitative estimate of drug-likeness (QED) is 0.820. The summed E-state index contributed by atoms with van der Waals surface area (Å²) in [6, 6.07) is 4.22. The molecule has 0 spiro atoms. The molecule has 1 aromatic carbocycles. The number of halogens is 1. The molecule has 0 saturated carbocycles. The van der Waals surface area contributed by atoms with Gasteiger partial charge in [-0.2, -0.15) is 0 Å². The molecular formula is C15H20BrNO2S. The van der Waals surface area contributed by atoms with E-state index in [1.54, 1.807) is 11.8 Å². The molecule has 5 heteroatoms. The number of hydrogen-bond acceptors (Lipinski definition) is 3. The maximum absolute atomic E-state index is 11.8. The highest BCUT2D eigenvalue weighted by Gasteiger charge is 2.16. The highest BCUT2D eigenvalue weighted by molar-refractivity contribution is 9.10. The molecule has 0 unspecified atom stereocenters. The second kappa shape index (κ2) is 7.48. The Morgan fingerprint density at radius 1 is 1.45 bits per heavy atom. The summed E-state index contributed by atoms with van der Waals surface area (Å²) in [5.41, 5.74) is 2.39. The Balaban J connectivity index is 1.79. The second-order valence-corrected chi connectivity index (χ2v) is 6.97. The van der Waals surface area contributed by atoms with Crippen LogP contribution >= 0.6 is 27.7 Å². The van der Waals surface area contributed by atoms with E-state index in [1.807, 2.05) is 0 Å². The minimum absolute atomic E-state index is 0.0745. The van der Waals surface area contributed by atoms with Crippen LogP contribution in [0.25, 0.3) is 0 Å². The molecule has 20 heavy (non-hydrogen) atoms. The average Bonchev–Trinajstić information content (AvgIpc) is 2.92. The third-order valence-electron chi connectivity index (χ3n) is 3.37. The van der Waals surface area contributed by atoms with Gasteiger partial charge < -0.3 is 10.1 Å². The number of rotatable bonds is 5. The normalized spacial score (nSPS) is 18.2. The number of benzene rings is 1. The summed E-state index contributed by atoms with van der Waals surface area (Å²) < 4.78 is 6.60. The molecule has 110 valence electrons. The van der Waals surface area contributed by atoms with Gasteiger partial charge in [0.1, 0.15) is 0 Å². The lowest BCUT2D eigenvalue weighted by molar-refractivity contribution is -0.119. The standard InChI is InChI=1S/C15H20BrNO2S/c1-10-7-14(11(2)6-13(10)16)20-9-15(18)17-8-12-4-3-5-19-12/h6-7,12H,3-5,8-9H2,1-2H3,(H,17,18)/t12-/m1/s1. The Morgan fingerprint density at radius 3 is 2.95 bits per heavy atom. The van der Waals surface area contributed by atoms with Crippen molar-refractivity contribution in [2.24, 2.45) is 0 Å². The van der Waals surface area contributed by atoms with Gasteiger partial charge in [-0.05, 0) is 49.9 Å². The summed E-state index contributed by atoms with van der Waals surface area (Å²) in [7, 11) is 0. The van der Waals surface area contributed by atoms with Crippen LogP contribution in [0.3, 0.4) is 0 Å². The third kappa shape index (κ3) is 4.50. The fraction of sp³-hybridized carbons (Fsp3) is 0.533. The summed E-state index contributed by atoms with van der Waals surface area (Å²) in [4.78, 5) is 13.0. The average molecular weight is 358 g/mol. The van der Waals surface area contributed by atoms with Crippen molar-refractivity contribution >= 4 is 33.6 Å². The molecular weight excluding hydrogens is 338 g/mol. The number of carbonyl (C=O) groups is 1. The van der Waals surface area contributed by atoms with Gasteiger partial charge in [-0.1, -0.05) is 15.9 Å². The van der Waals surface area contributed by atoms with E-state index in [1.165, 1.54) is 11.1 Å². The Morgan fingerprint density at radius 2 is 2.25 bits per heavy atom. The minimum Gasteiger partial charge on any atom is -0.376 e. The molecule has 1 saturated heterocycles. The number of hydrogen-bond donors (Lipinski definition) is 1. The van der Waals surface area contributed by atoms with Gasteiger partial charge in [0.25, 0.3) is 0 Å². The van der Waals surface area contributed by atoms with Crippen LogP contribution in [0.2, 0.25) is 0 Å². The van der Waals surface area contributed by atoms with Crippen LogP contribution in [0.4, 0.5) is 0 Å². The molecule has 1 amide bonds. The Labute approximate surface area is 133 Å². The van der Waals surface area contributed by atoms with E-state index in [9.17, 15) is 4.79 Å². The highest BCUT2D eigenvalue weighted by atomic mass is 79.9. The van der Waals surface area contributed by atoms with Gasteiger partial charge in [-0.25, -0.2) is 0 Å². The van der Waals surface area contributed by atoms with E-state index in [2.05, 4.69) is 47.2 Å². The maximum atomic E-state index is 11.8. The van der Waals surface area contributed by atoms with Gasteiger partial charge in [0.15, 0.2) is 0 Å². The van der Waals surface area contributed by atoms with Gasteiger partial charge in [0, 0.05) is 22.5 Å². The summed E-state index contributed by atoms with van der Waals surface area (Å²) in [5, 5.41) is 2.95. The van der Waals surface area contributed by atoms with E-state index >= 15 is 0 Å². The molecule has 1 N–H and O–H groups in total. The zero-order valence-corrected chi connectivity index (χ0v) is 14.3. The number of ether oxygens (including phenoxy) is 1. The first kappa shape index (κ1) is 15.9. The lowest BCUT2D eigenvalue weighted by Crippen LogP contribution is -2.32. The second-order valence-electron chi connectivity index (χ2n) is 5.09. The summed E-state index contributed by atoms with van der Waals surface area (Å²) >= 11 is 5.11. The molecule has 0 radical (unpaired) electrons. The van der Waals surface area contributed by atoms with Gasteiger partial charge in [0.05, 0.1) is 11.9 Å². The first-order valence-corrected chi connectivity index (χ1v) is 8.62. The first-order chi connectivity index (χ1) is 9.56. The Kier molecular flexibility index (Phi) is 5.93. The largest absolute Gasteiger partial charge is 0.376 e. The SMILES string of the molecule is Cc1cc(SCC(=O)NC[C@H]2CCCO2)c(C)cc1Br. The van der Waals surface area contributed by atoms with E-state index in [0.717, 1.165) is 28.8 Å². The highest BCUT2D eigenvalue weighted by Crippen LogP contribution is 2.28. The summed E-state index contributed by atoms with van der Waals surface area (Å²) in [6.45, 7) is 5.59. The monoisotopic (exact) mass is 357 g/mol. The van der Waals surface area contributed by atoms with E-state index < -0.39 is 0 Å². The zero-order chi connectivity index (χ0) is 14.5. The third-order valence-corrected chi connectivity index (χ3v) is 5.38. The molecule has 1 heterocycles. The van der Waals surface area contributed by atoms with Crippen LogP contribution in [-0.2, 0) is 9.53 Å². The van der Waals surface area contributed by atoms with Crippen LogP contribution in [0.1, 0.15) is 24.0 Å². The zero-order valence-electron chi connectivity index (χ0n) is 11.9. The number of aryl methyl sites for hydroxylation is 2. The van der Waals surface area contributed by atoms with Gasteiger partial charge in [-0.3, -0.25) is 4.79 Å². The molecule has 1 fully saturated rings. The molecule has 2 rings (SSSR count). The Bertz CT molecular complexity index is 487. The lowest BCUT2D eigenvalue weighted by atomic mass is 10.2. The predicted molar refractivity (Wildman–Crippen MR) is 86.3 cm³/mol. The van der Waals surface area contributed by atoms with Crippen molar-refractivity contribution in [2.75, 3.05) is 18.9 Å². The van der Waals surface area contributed by atoms with Crippen LogP contribution in [0.15, 0.2) is 21.5 Å². The van der Waals surface area contributed by atoms with Crippen molar-refractivity contribution < 1.29 is 9.53 Å². The lowest BCUT2D eigenvalue weighted by Gasteiger charge is -2.11. The molecule has 1 aliphatic heterocycles. The fourth-order valence-electron chi connectivity index (χ4n) is 2.14. The smallest absolute Gasteiger partial charge is 0.230 e. The van der Waals surface area contributed by atoms with Crippen molar-refractivity contribution in [2.45, 2.75) is 37.7 Å². The fourth-order valence-corrected chi connectivity index (χ4v) is 3.53. The van der Waals surface area contributed by atoms with Crippen molar-refractivity contribution in [3.05, 3.63) is 27.7 Å². The van der Waals surface area contributed by atoms with E-state index in [-0.39, 0.29) is 12.0 Å². The topological polar surface area (TPSA) is 38.3 Å². The van der Waals surface area contributed by atoms with Gasteiger partial charge in [0.2, 0.25) is 5.91 Å². The predicted octanol–water partition coefficient (Wildman–Crippen LogP) is 3.45. The number of nitrogens with one attached hydrogen (secondary N) is 1. The first-order valence-electron chi connectivity index (χ1n) is 6.84. The van der Waals surface area contributed by atoms with Crippen LogP contribution in [-0.4, -0.2) is 30.9 Å². The van der Waals surface area contributed by atoms with E-state index in [0.29, 0.717) is 12.3 Å². The molecule has 1 atom stereocenters. The van der Waals surface area contributed by atoms with Crippen LogP contribution in [0.5, 0.6) is 0 Å². The maximum Gasteiger partial charge on any atom is 0.230 e. The van der Waals surface area contributed by atoms with Crippen molar-refractivity contribution in [3.8, 4) is 0 Å². The summed E-state index contributed by atoms with van der Waals surface area (Å²) in [5.74, 6) is 0.528. The van der Waals surface area contributed by atoms with Gasteiger partial charge >= 0.3 is 0 Å². The van der Waals surface area contributed by atoms with Crippen molar-refractivity contribution in [1.82, 2.24) is 5.32 Å². The molecule has 3 nitrogen and oxygen atoms in total. The molecule has 0 aliphatic carbocycles. The summed E-state index contributed by atoms with van der Waals surface area (Å²) in [6.07, 6.45) is 2.37. The molecule has 1 aliphatic rings. The Hall–Kier alpha value is -0.520. The minimum atomic E-state index is 0.0745. The van der Waals surface area contributed by atoms with E-state index in [4.69, 9.17) is 4.74 Å². The van der Waals surface area contributed by atoms with Crippen LogP contribution < -0.4 is 5.32 Å². The molecule has 0 bridgehead atoms. The number of carbonyl (C=O) groups excluding carboxylic acids is 1. The van der Waals surface area contributed by atoms with Crippen molar-refractivity contribution in [3.63, 3.8) is 0 Å². The van der Waals surface area contributed by atoms with Crippen LogP contribution in [0, 0.1) is 13.8 Å². The number of amides is 1. The molecule has 1 aromatic rings.